The highest BCUT2D eigenvalue weighted by Crippen LogP contribution is 2.28. The van der Waals surface area contributed by atoms with Gasteiger partial charge in [0.15, 0.2) is 0 Å². The normalized spacial score (nSPS) is 10.8. The molecule has 0 spiro atoms. The molecule has 0 saturated heterocycles. The fourth-order valence-electron chi connectivity index (χ4n) is 4.85. The molecule has 0 saturated carbocycles. The van der Waals surface area contributed by atoms with E-state index in [-0.39, 0.29) is 42.7 Å². The van der Waals surface area contributed by atoms with Crippen molar-refractivity contribution < 1.29 is 19.4 Å². The van der Waals surface area contributed by atoms with Gasteiger partial charge in [-0.3, -0.25) is 9.78 Å². The highest BCUT2D eigenvalue weighted by Gasteiger charge is 2.19. The Morgan fingerprint density at radius 2 is 1.70 bits per heavy atom. The van der Waals surface area contributed by atoms with Gasteiger partial charge in [-0.25, -0.2) is 9.78 Å². The van der Waals surface area contributed by atoms with E-state index >= 15 is 0 Å². The number of rotatable bonds is 15. The van der Waals surface area contributed by atoms with Gasteiger partial charge in [0.1, 0.15) is 23.1 Å². The van der Waals surface area contributed by atoms with Crippen molar-refractivity contribution in [1.29, 1.82) is 0 Å². The second kappa shape index (κ2) is 16.7. The van der Waals surface area contributed by atoms with Crippen molar-refractivity contribution in [3.8, 4) is 17.0 Å². The molecule has 1 amide bonds. The molecule has 4 rings (SSSR count). The van der Waals surface area contributed by atoms with Gasteiger partial charge in [-0.05, 0) is 54.2 Å². The highest BCUT2D eigenvalue weighted by atomic mass is 35.5. The number of carbonyl (C=O) groups is 2. The summed E-state index contributed by atoms with van der Waals surface area (Å²) in [7, 11) is 0. The monoisotopic (exact) mass is 622 g/mol. The van der Waals surface area contributed by atoms with Crippen LogP contribution in [-0.4, -0.2) is 44.9 Å². The average Bonchev–Trinajstić information content (AvgIpc) is 3.48. The fourth-order valence-corrected chi connectivity index (χ4v) is 5.66. The topological polar surface area (TPSA) is 119 Å². The molecular weight excluding hydrogens is 584 g/mol. The number of carboxylic acids is 1. The van der Waals surface area contributed by atoms with Crippen LogP contribution in [0.3, 0.4) is 0 Å². The Labute approximate surface area is 263 Å². The first-order valence-electron chi connectivity index (χ1n) is 14.4. The number of aromatic nitrogens is 2. The van der Waals surface area contributed by atoms with Crippen LogP contribution < -0.4 is 10.5 Å². The van der Waals surface area contributed by atoms with Crippen molar-refractivity contribution in [2.75, 3.05) is 13.1 Å². The van der Waals surface area contributed by atoms with Gasteiger partial charge in [0.05, 0.1) is 17.8 Å². The zero-order chi connectivity index (χ0) is 29.9. The molecule has 8 nitrogen and oxygen atoms in total. The minimum atomic E-state index is -1.09. The summed E-state index contributed by atoms with van der Waals surface area (Å²) in [4.78, 5) is 34.5. The van der Waals surface area contributed by atoms with Gasteiger partial charge in [0.25, 0.3) is 5.91 Å². The lowest BCUT2D eigenvalue weighted by molar-refractivity contribution is 0.0692. The molecule has 10 heteroatoms. The third-order valence-corrected chi connectivity index (χ3v) is 7.91. The van der Waals surface area contributed by atoms with Crippen LogP contribution in [0.25, 0.3) is 11.3 Å². The number of thiazole rings is 1. The summed E-state index contributed by atoms with van der Waals surface area (Å²) < 4.78 is 6.04. The van der Waals surface area contributed by atoms with E-state index in [1.165, 1.54) is 60.9 Å². The van der Waals surface area contributed by atoms with Crippen LogP contribution in [0.5, 0.6) is 5.75 Å². The van der Waals surface area contributed by atoms with Crippen LogP contribution in [0.4, 0.5) is 0 Å². The maximum absolute atomic E-state index is 13.0. The Bertz CT molecular complexity index is 1440. The molecule has 0 aliphatic carbocycles. The Morgan fingerprint density at radius 1 is 1.00 bits per heavy atom. The number of hydrogen-bond acceptors (Lipinski definition) is 7. The summed E-state index contributed by atoms with van der Waals surface area (Å²) in [6.45, 7) is 5.85. The Morgan fingerprint density at radius 3 is 2.28 bits per heavy atom. The molecule has 2 heterocycles. The van der Waals surface area contributed by atoms with Gasteiger partial charge in [0, 0.05) is 30.2 Å². The number of nitrogens with zero attached hydrogens (tertiary/aromatic N) is 3. The third kappa shape index (κ3) is 9.35. The van der Waals surface area contributed by atoms with Crippen LogP contribution in [0.2, 0.25) is 0 Å². The Balaban J connectivity index is 0.00000506. The molecule has 228 valence electrons. The van der Waals surface area contributed by atoms with Crippen LogP contribution in [0.15, 0.2) is 72.2 Å². The number of carbonyl (C=O) groups excluding carboxylic acids is 1. The molecule has 2 aromatic carbocycles. The zero-order valence-corrected chi connectivity index (χ0v) is 26.2. The highest BCUT2D eigenvalue weighted by molar-refractivity contribution is 7.09. The van der Waals surface area contributed by atoms with Crippen molar-refractivity contribution in [1.82, 2.24) is 14.9 Å². The summed E-state index contributed by atoms with van der Waals surface area (Å²) in [5.74, 6) is 0.0641. The summed E-state index contributed by atoms with van der Waals surface area (Å²) in [6.07, 6.45) is 5.99. The smallest absolute Gasteiger partial charge is 0.337 e. The van der Waals surface area contributed by atoms with Gasteiger partial charge in [-0.1, -0.05) is 63.1 Å². The standard InChI is InChI=1S/C33H38N4O4S.ClH/c1-3-5-24(6-4-2)25-11-14-28(15-12-25)41-21-23-7-9-26(10-8-23)30-22-42-31(36-30)20-37(18-17-34)32(38)29-16-13-27(19-35-29)33(39)40;/h7-16,19,22,24H,3-6,17-18,20-21,34H2,1-2H3,(H,39,40);1H. The number of benzene rings is 2. The SMILES string of the molecule is CCCC(CCC)c1ccc(OCc2ccc(-c3csc(CN(CCN)C(=O)c4ccc(C(=O)O)cn4)n3)cc2)cc1.Cl. The number of pyridine rings is 1. The van der Waals surface area contributed by atoms with E-state index < -0.39 is 5.97 Å². The van der Waals surface area contributed by atoms with Crippen molar-refractivity contribution in [3.63, 3.8) is 0 Å². The molecule has 0 atom stereocenters. The van der Waals surface area contributed by atoms with Crippen molar-refractivity contribution in [2.24, 2.45) is 5.73 Å². The first-order chi connectivity index (χ1) is 20.4. The Kier molecular flexibility index (Phi) is 13.1. The van der Waals surface area contributed by atoms with Gasteiger partial charge >= 0.3 is 5.97 Å². The van der Waals surface area contributed by atoms with Crippen molar-refractivity contribution in [2.45, 2.75) is 58.6 Å². The molecule has 0 aliphatic rings. The number of nitrogens with two attached hydrogens (primary N) is 1. The van der Waals surface area contributed by atoms with E-state index in [1.54, 1.807) is 4.90 Å². The number of carboxylic acid groups (broad SMARTS) is 1. The molecule has 3 N–H and O–H groups in total. The molecule has 0 bridgehead atoms. The average molecular weight is 623 g/mol. The Hall–Kier alpha value is -3.79. The quantitative estimate of drug-likeness (QED) is 0.144. The van der Waals surface area contributed by atoms with Gasteiger partial charge in [-0.15, -0.1) is 23.7 Å². The first-order valence-corrected chi connectivity index (χ1v) is 15.2. The molecule has 4 aromatic rings. The molecule has 0 unspecified atom stereocenters. The minimum absolute atomic E-state index is 0. The number of aromatic carboxylic acids is 1. The van der Waals surface area contributed by atoms with Crippen LogP contribution in [0, 0.1) is 0 Å². The largest absolute Gasteiger partial charge is 0.489 e. The summed E-state index contributed by atoms with van der Waals surface area (Å²) in [6, 6.07) is 19.4. The van der Waals surface area contributed by atoms with E-state index in [0.717, 1.165) is 27.6 Å². The summed E-state index contributed by atoms with van der Waals surface area (Å²) in [5.41, 5.74) is 10.2. The van der Waals surface area contributed by atoms with Gasteiger partial charge in [-0.2, -0.15) is 0 Å². The lowest BCUT2D eigenvalue weighted by Crippen LogP contribution is -2.35. The van der Waals surface area contributed by atoms with Gasteiger partial charge in [0.2, 0.25) is 0 Å². The molecule has 0 radical (unpaired) electrons. The first kappa shape index (κ1) is 33.7. The van der Waals surface area contributed by atoms with E-state index in [0.29, 0.717) is 19.1 Å². The number of ether oxygens (including phenoxy) is 1. The van der Waals surface area contributed by atoms with Crippen LogP contribution in [-0.2, 0) is 13.2 Å². The van der Waals surface area contributed by atoms with Crippen LogP contribution >= 0.6 is 23.7 Å². The molecule has 43 heavy (non-hydrogen) atoms. The van der Waals surface area contributed by atoms with E-state index in [1.807, 2.05) is 29.6 Å². The van der Waals surface area contributed by atoms with Crippen molar-refractivity contribution >= 4 is 35.6 Å². The molecule has 0 aliphatic heterocycles. The second-order valence-electron chi connectivity index (χ2n) is 10.2. The maximum Gasteiger partial charge on any atom is 0.337 e. The van der Waals surface area contributed by atoms with Crippen LogP contribution in [0.1, 0.15) is 82.4 Å². The van der Waals surface area contributed by atoms with E-state index in [9.17, 15) is 9.59 Å². The summed E-state index contributed by atoms with van der Waals surface area (Å²) >= 11 is 1.47. The second-order valence-corrected chi connectivity index (χ2v) is 11.2. The fraction of sp³-hybridized carbons (Fsp3) is 0.333. The number of amides is 1. The van der Waals surface area contributed by atoms with E-state index in [2.05, 4.69) is 43.1 Å². The summed E-state index contributed by atoms with van der Waals surface area (Å²) in [5, 5.41) is 11.8. The van der Waals surface area contributed by atoms with Crippen molar-refractivity contribution in [3.05, 3.63) is 99.6 Å². The number of hydrogen-bond donors (Lipinski definition) is 2. The zero-order valence-electron chi connectivity index (χ0n) is 24.6. The maximum atomic E-state index is 13.0. The predicted octanol–water partition coefficient (Wildman–Crippen LogP) is 7.19. The number of halogens is 1. The molecule has 2 aromatic heterocycles. The molecular formula is C33H39ClN4O4S. The predicted molar refractivity (Wildman–Crippen MR) is 173 cm³/mol. The molecule has 0 fully saturated rings. The van der Waals surface area contributed by atoms with E-state index in [4.69, 9.17) is 20.6 Å². The van der Waals surface area contributed by atoms with Gasteiger partial charge < -0.3 is 20.5 Å². The lowest BCUT2D eigenvalue weighted by atomic mass is 9.90. The minimum Gasteiger partial charge on any atom is -0.489 e. The lowest BCUT2D eigenvalue weighted by Gasteiger charge is -2.20. The third-order valence-electron chi connectivity index (χ3n) is 7.07.